The Kier molecular flexibility index (Phi) is 17.6. The molecule has 252 valence electrons. The molecule has 0 saturated heterocycles. The van der Waals surface area contributed by atoms with Crippen molar-refractivity contribution in [3.8, 4) is 0 Å². The van der Waals surface area contributed by atoms with Gasteiger partial charge in [-0.05, 0) is 30.0 Å². The number of methoxy groups -OCH3 is 3. The summed E-state index contributed by atoms with van der Waals surface area (Å²) in [4.78, 5) is 13.8. The fourth-order valence-electron chi connectivity index (χ4n) is 5.05. The molecule has 11 nitrogen and oxygen atoms in total. The molecule has 0 saturated carbocycles. The Bertz CT molecular complexity index is 982. The summed E-state index contributed by atoms with van der Waals surface area (Å²) in [6.07, 6.45) is -1.25. The van der Waals surface area contributed by atoms with Crippen LogP contribution >= 0.6 is 0 Å². The van der Waals surface area contributed by atoms with Crippen LogP contribution in [0.1, 0.15) is 58.1 Å². The lowest BCUT2D eigenvalue weighted by atomic mass is 9.76. The molecule has 2 rings (SSSR count). The van der Waals surface area contributed by atoms with Crippen molar-refractivity contribution < 1.29 is 52.9 Å². The Morgan fingerprint density at radius 2 is 1.75 bits per heavy atom. The van der Waals surface area contributed by atoms with Crippen LogP contribution in [0.3, 0.4) is 0 Å². The first kappa shape index (κ1) is 38.3. The topological polar surface area (TPSA) is 131 Å². The predicted octanol–water partition coefficient (Wildman–Crippen LogP) is 3.52. The third-order valence-corrected chi connectivity index (χ3v) is 7.98. The SMILES string of the molecule is CCC(C=C(C)C1CC(O)CC(O)C(C)(C)c2cccc(c2)CC(OCOC)C(OCOC)C(=O)O1)COCOCCOC. The number of ether oxygens (including phenoxy) is 8. The highest BCUT2D eigenvalue weighted by atomic mass is 16.7. The smallest absolute Gasteiger partial charge is 0.338 e. The summed E-state index contributed by atoms with van der Waals surface area (Å²) in [6, 6.07) is 7.77. The van der Waals surface area contributed by atoms with Crippen molar-refractivity contribution in [3.63, 3.8) is 0 Å². The van der Waals surface area contributed by atoms with E-state index in [2.05, 4.69) is 0 Å². The van der Waals surface area contributed by atoms with E-state index in [4.69, 9.17) is 37.9 Å². The van der Waals surface area contributed by atoms with Gasteiger partial charge in [-0.1, -0.05) is 51.1 Å². The van der Waals surface area contributed by atoms with Gasteiger partial charge in [0.1, 0.15) is 32.6 Å². The summed E-state index contributed by atoms with van der Waals surface area (Å²) in [7, 11) is 4.58. The van der Waals surface area contributed by atoms with Crippen molar-refractivity contribution in [1.29, 1.82) is 0 Å². The second kappa shape index (κ2) is 20.2. The summed E-state index contributed by atoms with van der Waals surface area (Å²) in [5, 5.41) is 22.5. The van der Waals surface area contributed by atoms with Crippen LogP contribution in [0.4, 0.5) is 0 Å². The number of hydrogen-bond acceptors (Lipinski definition) is 11. The quantitative estimate of drug-likeness (QED) is 0.121. The molecule has 0 aromatic heterocycles. The fourth-order valence-corrected chi connectivity index (χ4v) is 5.05. The number of rotatable bonds is 16. The monoisotopic (exact) mass is 626 g/mol. The predicted molar refractivity (Wildman–Crippen MR) is 164 cm³/mol. The summed E-state index contributed by atoms with van der Waals surface area (Å²) >= 11 is 0. The van der Waals surface area contributed by atoms with Gasteiger partial charge in [-0.3, -0.25) is 0 Å². The van der Waals surface area contributed by atoms with Gasteiger partial charge in [-0.15, -0.1) is 0 Å². The second-order valence-corrected chi connectivity index (χ2v) is 11.8. The number of benzene rings is 1. The molecule has 11 heteroatoms. The number of carbonyl (C=O) groups excluding carboxylic acids is 1. The lowest BCUT2D eigenvalue weighted by Crippen LogP contribution is -2.44. The van der Waals surface area contributed by atoms with Gasteiger partial charge < -0.3 is 48.1 Å². The average molecular weight is 627 g/mol. The Morgan fingerprint density at radius 3 is 2.43 bits per heavy atom. The Hall–Kier alpha value is -1.93. The second-order valence-electron chi connectivity index (χ2n) is 11.8. The number of hydrogen-bond donors (Lipinski definition) is 2. The average Bonchev–Trinajstić information content (AvgIpc) is 3.00. The summed E-state index contributed by atoms with van der Waals surface area (Å²) in [6.45, 7) is 9.05. The van der Waals surface area contributed by atoms with Crippen molar-refractivity contribution in [1.82, 2.24) is 0 Å². The number of cyclic esters (lactones) is 1. The zero-order chi connectivity index (χ0) is 32.5. The van der Waals surface area contributed by atoms with E-state index in [0.29, 0.717) is 26.2 Å². The van der Waals surface area contributed by atoms with Crippen LogP contribution < -0.4 is 0 Å². The van der Waals surface area contributed by atoms with Crippen LogP contribution in [-0.2, 0) is 54.5 Å². The molecule has 1 aliphatic heterocycles. The number of fused-ring (bicyclic) bond motifs is 2. The maximum atomic E-state index is 13.8. The summed E-state index contributed by atoms with van der Waals surface area (Å²) in [5.74, 6) is -0.643. The highest BCUT2D eigenvalue weighted by Gasteiger charge is 2.37. The van der Waals surface area contributed by atoms with Gasteiger partial charge in [-0.2, -0.15) is 0 Å². The highest BCUT2D eigenvalue weighted by molar-refractivity contribution is 5.76. The molecule has 0 aliphatic carbocycles. The molecule has 2 N–H and O–H groups in total. The molecule has 1 aromatic carbocycles. The van der Waals surface area contributed by atoms with Gasteiger partial charge in [0.25, 0.3) is 0 Å². The van der Waals surface area contributed by atoms with E-state index < -0.39 is 41.9 Å². The molecule has 1 aromatic rings. The molecule has 0 fully saturated rings. The van der Waals surface area contributed by atoms with E-state index in [1.165, 1.54) is 14.2 Å². The molecular weight excluding hydrogens is 572 g/mol. The Labute approximate surface area is 262 Å². The Balaban J connectivity index is 2.43. The normalized spacial score (nSPS) is 25.7. The van der Waals surface area contributed by atoms with E-state index in [-0.39, 0.29) is 39.1 Å². The molecule has 0 radical (unpaired) electrons. The van der Waals surface area contributed by atoms with Crippen LogP contribution in [0.25, 0.3) is 0 Å². The minimum absolute atomic E-state index is 0.0119. The molecule has 0 amide bonds. The standard InChI is InChI=1S/C33H54O11/c1-8-24(19-41-22-40-13-12-37-5)14-23(2)28-17-27(34)18-30(35)33(3,4)26-11-9-10-25(15-26)16-29(42-20-38-6)31(32(36)44-28)43-21-39-7/h9-11,14-15,24,27-31,34-35H,8,12-13,16-22H2,1-7H3. The molecule has 6 atom stereocenters. The zero-order valence-electron chi connectivity index (χ0n) is 27.5. The van der Waals surface area contributed by atoms with E-state index in [9.17, 15) is 15.0 Å². The van der Waals surface area contributed by atoms with Gasteiger partial charge in [0.05, 0.1) is 32.0 Å². The van der Waals surface area contributed by atoms with Crippen LogP contribution in [-0.4, -0.2) is 108 Å². The van der Waals surface area contributed by atoms with E-state index in [1.54, 1.807) is 7.11 Å². The third kappa shape index (κ3) is 12.5. The van der Waals surface area contributed by atoms with Crippen molar-refractivity contribution in [2.45, 2.75) is 89.3 Å². The van der Waals surface area contributed by atoms with Crippen molar-refractivity contribution in [3.05, 3.63) is 47.0 Å². The van der Waals surface area contributed by atoms with E-state index >= 15 is 0 Å². The summed E-state index contributed by atoms with van der Waals surface area (Å²) < 4.78 is 44.3. The minimum atomic E-state index is -1.14. The van der Waals surface area contributed by atoms with Crippen LogP contribution in [0.15, 0.2) is 35.9 Å². The number of esters is 1. The van der Waals surface area contributed by atoms with Gasteiger partial charge in [-0.25, -0.2) is 4.79 Å². The first-order chi connectivity index (χ1) is 21.1. The zero-order valence-corrected chi connectivity index (χ0v) is 27.5. The third-order valence-electron chi connectivity index (χ3n) is 7.98. The minimum Gasteiger partial charge on any atom is -0.456 e. The van der Waals surface area contributed by atoms with Crippen LogP contribution in [0, 0.1) is 5.92 Å². The molecular formula is C33H54O11. The molecule has 2 bridgehead atoms. The van der Waals surface area contributed by atoms with Crippen molar-refractivity contribution >= 4 is 5.97 Å². The van der Waals surface area contributed by atoms with Crippen molar-refractivity contribution in [2.75, 3.05) is 61.5 Å². The van der Waals surface area contributed by atoms with Gasteiger partial charge in [0, 0.05) is 51.9 Å². The van der Waals surface area contributed by atoms with E-state index in [0.717, 1.165) is 23.1 Å². The molecule has 44 heavy (non-hydrogen) atoms. The van der Waals surface area contributed by atoms with Gasteiger partial charge in [0.15, 0.2) is 6.10 Å². The fraction of sp³-hybridized carbons (Fsp3) is 0.727. The lowest BCUT2D eigenvalue weighted by molar-refractivity contribution is -0.193. The van der Waals surface area contributed by atoms with Gasteiger partial charge in [0.2, 0.25) is 0 Å². The highest BCUT2D eigenvalue weighted by Crippen LogP contribution is 2.32. The first-order valence-electron chi connectivity index (χ1n) is 15.3. The largest absolute Gasteiger partial charge is 0.456 e. The maximum Gasteiger partial charge on any atom is 0.338 e. The first-order valence-corrected chi connectivity index (χ1v) is 15.3. The number of aliphatic hydroxyl groups excluding tert-OH is 2. The maximum absolute atomic E-state index is 13.8. The molecule has 0 spiro atoms. The molecule has 1 heterocycles. The molecule has 6 unspecified atom stereocenters. The molecule has 1 aliphatic rings. The lowest BCUT2D eigenvalue weighted by Gasteiger charge is -2.35. The van der Waals surface area contributed by atoms with Crippen molar-refractivity contribution in [2.24, 2.45) is 5.92 Å². The van der Waals surface area contributed by atoms with Gasteiger partial charge >= 0.3 is 5.97 Å². The van der Waals surface area contributed by atoms with E-state index in [1.807, 2.05) is 58.0 Å². The summed E-state index contributed by atoms with van der Waals surface area (Å²) in [5.41, 5.74) is 1.87. The number of aliphatic hydroxyl groups is 2. The van der Waals surface area contributed by atoms with Crippen LogP contribution in [0.2, 0.25) is 0 Å². The Morgan fingerprint density at radius 1 is 1.02 bits per heavy atom. The van der Waals surface area contributed by atoms with Crippen LogP contribution in [0.5, 0.6) is 0 Å². The number of carbonyl (C=O) groups is 1.